The lowest BCUT2D eigenvalue weighted by Gasteiger charge is -2.21. The standard InChI is InChI=1S/C22H22FN5/c1-12-7-16-10-19(26-22(16)13(2)25-12)15-8-18(23)17-11-20(27-28-21(17)9-15)14-3-5-24-6-4-14/h7-11,14,24,26H,3-6H2,1-2H3. The molecule has 4 aromatic rings. The fraction of sp³-hybridized carbons (Fsp3) is 0.318. The first-order valence-corrected chi connectivity index (χ1v) is 9.73. The van der Waals surface area contributed by atoms with Gasteiger partial charge in [-0.15, -0.1) is 0 Å². The molecule has 0 radical (unpaired) electrons. The lowest BCUT2D eigenvalue weighted by atomic mass is 9.93. The van der Waals surface area contributed by atoms with E-state index in [0.29, 0.717) is 16.8 Å². The Kier molecular flexibility index (Phi) is 4.09. The van der Waals surface area contributed by atoms with Crippen LogP contribution < -0.4 is 5.32 Å². The van der Waals surface area contributed by atoms with Crippen molar-refractivity contribution in [2.45, 2.75) is 32.6 Å². The predicted octanol–water partition coefficient (Wildman–Crippen LogP) is 4.40. The average Bonchev–Trinajstić information content (AvgIpc) is 3.13. The van der Waals surface area contributed by atoms with Crippen molar-refractivity contribution in [3.63, 3.8) is 0 Å². The molecule has 1 fully saturated rings. The highest BCUT2D eigenvalue weighted by Crippen LogP contribution is 2.31. The molecule has 0 saturated carbocycles. The van der Waals surface area contributed by atoms with Crippen molar-refractivity contribution >= 4 is 21.8 Å². The van der Waals surface area contributed by atoms with Gasteiger partial charge in [-0.3, -0.25) is 4.98 Å². The maximum absolute atomic E-state index is 15.0. The minimum Gasteiger partial charge on any atom is -0.353 e. The Morgan fingerprint density at radius 1 is 1.00 bits per heavy atom. The van der Waals surface area contributed by atoms with Gasteiger partial charge in [0.05, 0.1) is 22.4 Å². The van der Waals surface area contributed by atoms with Gasteiger partial charge in [0, 0.05) is 33.6 Å². The Labute approximate surface area is 162 Å². The fourth-order valence-corrected chi connectivity index (χ4v) is 4.21. The normalized spacial score (nSPS) is 15.5. The van der Waals surface area contributed by atoms with Gasteiger partial charge in [-0.05, 0) is 70.1 Å². The maximum Gasteiger partial charge on any atom is 0.133 e. The Balaban J connectivity index is 1.58. The maximum atomic E-state index is 15.0. The zero-order valence-electron chi connectivity index (χ0n) is 16.0. The summed E-state index contributed by atoms with van der Waals surface area (Å²) in [5.41, 5.74) is 5.98. The minimum atomic E-state index is -0.262. The number of nitrogens with zero attached hydrogens (tertiary/aromatic N) is 3. The smallest absolute Gasteiger partial charge is 0.133 e. The van der Waals surface area contributed by atoms with Crippen LogP contribution in [0.4, 0.5) is 4.39 Å². The van der Waals surface area contributed by atoms with Crippen molar-refractivity contribution in [2.75, 3.05) is 13.1 Å². The van der Waals surface area contributed by atoms with Gasteiger partial charge in [-0.2, -0.15) is 10.2 Å². The van der Waals surface area contributed by atoms with Crippen molar-refractivity contribution < 1.29 is 4.39 Å². The number of pyridine rings is 1. The van der Waals surface area contributed by atoms with Gasteiger partial charge >= 0.3 is 0 Å². The summed E-state index contributed by atoms with van der Waals surface area (Å²) in [6.07, 6.45) is 2.03. The molecule has 28 heavy (non-hydrogen) atoms. The molecule has 0 atom stereocenters. The van der Waals surface area contributed by atoms with Crippen molar-refractivity contribution in [1.29, 1.82) is 0 Å². The summed E-state index contributed by atoms with van der Waals surface area (Å²) >= 11 is 0. The number of halogens is 1. The second-order valence-electron chi connectivity index (χ2n) is 7.68. The molecule has 3 aromatic heterocycles. The highest BCUT2D eigenvalue weighted by Gasteiger charge is 2.19. The van der Waals surface area contributed by atoms with Gasteiger partial charge in [0.2, 0.25) is 0 Å². The first kappa shape index (κ1) is 17.3. The van der Waals surface area contributed by atoms with E-state index in [1.54, 1.807) is 6.07 Å². The SMILES string of the molecule is Cc1cc2cc(-c3cc(F)c4cc(C5CCNCC5)nnc4c3)[nH]c2c(C)n1. The molecule has 1 aromatic carbocycles. The van der Waals surface area contributed by atoms with E-state index < -0.39 is 0 Å². The highest BCUT2D eigenvalue weighted by atomic mass is 19.1. The summed E-state index contributed by atoms with van der Waals surface area (Å²) in [4.78, 5) is 7.88. The lowest BCUT2D eigenvalue weighted by molar-refractivity contribution is 0.451. The van der Waals surface area contributed by atoms with E-state index in [0.717, 1.165) is 65.2 Å². The summed E-state index contributed by atoms with van der Waals surface area (Å²) in [6.45, 7) is 5.90. The Morgan fingerprint density at radius 3 is 2.64 bits per heavy atom. The third kappa shape index (κ3) is 2.94. The molecule has 1 aliphatic heterocycles. The Bertz CT molecular complexity index is 1190. The molecular formula is C22H22FN5. The average molecular weight is 375 g/mol. The number of hydrogen-bond donors (Lipinski definition) is 2. The van der Waals surface area contributed by atoms with Crippen LogP contribution in [-0.4, -0.2) is 33.3 Å². The molecule has 0 aliphatic carbocycles. The van der Waals surface area contributed by atoms with E-state index in [1.165, 1.54) is 0 Å². The first-order chi connectivity index (χ1) is 13.6. The summed E-state index contributed by atoms with van der Waals surface area (Å²) in [7, 11) is 0. The second-order valence-corrected chi connectivity index (χ2v) is 7.68. The molecule has 0 spiro atoms. The Hall–Kier alpha value is -2.86. The van der Waals surface area contributed by atoms with Gasteiger partial charge < -0.3 is 10.3 Å². The van der Waals surface area contributed by atoms with Gasteiger partial charge in [-0.25, -0.2) is 4.39 Å². The number of piperidine rings is 1. The first-order valence-electron chi connectivity index (χ1n) is 9.73. The number of hydrogen-bond acceptors (Lipinski definition) is 4. The molecule has 5 rings (SSSR count). The van der Waals surface area contributed by atoms with Gasteiger partial charge in [-0.1, -0.05) is 0 Å². The number of H-pyrrole nitrogens is 1. The third-order valence-electron chi connectivity index (χ3n) is 5.66. The van der Waals surface area contributed by atoms with Crippen molar-refractivity contribution in [3.05, 3.63) is 53.2 Å². The molecule has 0 unspecified atom stereocenters. The highest BCUT2D eigenvalue weighted by molar-refractivity contribution is 5.90. The Morgan fingerprint density at radius 2 is 1.82 bits per heavy atom. The van der Waals surface area contributed by atoms with E-state index in [-0.39, 0.29) is 5.82 Å². The van der Waals surface area contributed by atoms with Crippen LogP contribution >= 0.6 is 0 Å². The van der Waals surface area contributed by atoms with Crippen molar-refractivity contribution in [2.24, 2.45) is 0 Å². The van der Waals surface area contributed by atoms with E-state index in [9.17, 15) is 4.39 Å². The zero-order chi connectivity index (χ0) is 19.3. The van der Waals surface area contributed by atoms with Crippen LogP contribution in [0.1, 0.15) is 35.8 Å². The van der Waals surface area contributed by atoms with Gasteiger partial charge in [0.25, 0.3) is 0 Å². The molecule has 2 N–H and O–H groups in total. The van der Waals surface area contributed by atoms with Crippen LogP contribution in [0.3, 0.4) is 0 Å². The van der Waals surface area contributed by atoms with Crippen LogP contribution in [0.5, 0.6) is 0 Å². The van der Waals surface area contributed by atoms with Crippen LogP contribution in [0.25, 0.3) is 33.1 Å². The summed E-state index contributed by atoms with van der Waals surface area (Å²) < 4.78 is 15.0. The van der Waals surface area contributed by atoms with Crippen LogP contribution in [-0.2, 0) is 0 Å². The third-order valence-corrected chi connectivity index (χ3v) is 5.66. The minimum absolute atomic E-state index is 0.262. The number of aromatic nitrogens is 4. The molecule has 4 heterocycles. The lowest BCUT2D eigenvalue weighted by Crippen LogP contribution is -2.27. The molecule has 1 saturated heterocycles. The molecule has 0 bridgehead atoms. The van der Waals surface area contributed by atoms with Gasteiger partial charge in [0.15, 0.2) is 0 Å². The largest absolute Gasteiger partial charge is 0.353 e. The molecule has 142 valence electrons. The van der Waals surface area contributed by atoms with Crippen LogP contribution in [0.2, 0.25) is 0 Å². The summed E-state index contributed by atoms with van der Waals surface area (Å²) in [6, 6.07) is 9.42. The quantitative estimate of drug-likeness (QED) is 0.545. The number of fused-ring (bicyclic) bond motifs is 2. The molecule has 1 aliphatic rings. The predicted molar refractivity (Wildman–Crippen MR) is 109 cm³/mol. The summed E-state index contributed by atoms with van der Waals surface area (Å²) in [5, 5.41) is 13.7. The topological polar surface area (TPSA) is 66.5 Å². The van der Waals surface area contributed by atoms with Gasteiger partial charge in [0.1, 0.15) is 5.82 Å². The number of benzene rings is 1. The molecule has 6 heteroatoms. The number of aryl methyl sites for hydroxylation is 2. The summed E-state index contributed by atoms with van der Waals surface area (Å²) in [5.74, 6) is 0.0897. The van der Waals surface area contributed by atoms with E-state index in [2.05, 4.69) is 25.5 Å². The zero-order valence-corrected chi connectivity index (χ0v) is 16.0. The van der Waals surface area contributed by atoms with E-state index in [1.807, 2.05) is 38.1 Å². The second kappa shape index (κ2) is 6.63. The fourth-order valence-electron chi connectivity index (χ4n) is 4.21. The molecular weight excluding hydrogens is 353 g/mol. The monoisotopic (exact) mass is 375 g/mol. The van der Waals surface area contributed by atoms with Crippen LogP contribution in [0.15, 0.2) is 30.3 Å². The molecule has 5 nitrogen and oxygen atoms in total. The van der Waals surface area contributed by atoms with Crippen molar-refractivity contribution in [1.82, 2.24) is 25.5 Å². The van der Waals surface area contributed by atoms with Crippen molar-refractivity contribution in [3.8, 4) is 11.3 Å². The van der Waals surface area contributed by atoms with E-state index >= 15 is 0 Å². The number of nitrogens with one attached hydrogen (secondary N) is 2. The number of rotatable bonds is 2. The van der Waals surface area contributed by atoms with E-state index in [4.69, 9.17) is 0 Å². The molecule has 0 amide bonds. The number of aromatic amines is 1. The van der Waals surface area contributed by atoms with Crippen LogP contribution in [0, 0.1) is 19.7 Å².